The molecule has 0 amide bonds. The van der Waals surface area contributed by atoms with Crippen LogP contribution in [0.25, 0.3) is 0 Å². The summed E-state index contributed by atoms with van der Waals surface area (Å²) in [6.07, 6.45) is 5.55. The monoisotopic (exact) mass is 311 g/mol. The molecule has 2 N–H and O–H groups in total. The van der Waals surface area contributed by atoms with E-state index < -0.39 is 0 Å². The summed E-state index contributed by atoms with van der Waals surface area (Å²) in [6, 6.07) is 4.75. The smallest absolute Gasteiger partial charge is 0.124 e. The average Bonchev–Trinajstić information content (AvgIpc) is 2.84. The van der Waals surface area contributed by atoms with Gasteiger partial charge in [0.05, 0.1) is 0 Å². The van der Waals surface area contributed by atoms with E-state index in [0.29, 0.717) is 0 Å². The zero-order valence-corrected chi connectivity index (χ0v) is 11.5. The first-order chi connectivity index (χ1) is 8.75. The van der Waals surface area contributed by atoms with E-state index in [1.165, 1.54) is 12.1 Å². The molecule has 5 heteroatoms. The molecule has 0 aliphatic rings. The van der Waals surface area contributed by atoms with Crippen LogP contribution in [0.1, 0.15) is 17.8 Å². The number of aryl methyl sites for hydroxylation is 1. The maximum atomic E-state index is 12.9. The first-order valence-electron chi connectivity index (χ1n) is 5.88. The van der Waals surface area contributed by atoms with Crippen LogP contribution in [0.15, 0.2) is 35.1 Å². The van der Waals surface area contributed by atoms with Gasteiger partial charge in [-0.15, -0.1) is 0 Å². The summed E-state index contributed by atoms with van der Waals surface area (Å²) in [5.41, 5.74) is 1.06. The first kappa shape index (κ1) is 13.2. The van der Waals surface area contributed by atoms with Gasteiger partial charge in [0, 0.05) is 29.8 Å². The Hall–Kier alpha value is -1.20. The van der Waals surface area contributed by atoms with Crippen LogP contribution in [0.4, 0.5) is 4.39 Å². The maximum absolute atomic E-state index is 12.9. The molecule has 0 atom stereocenters. The van der Waals surface area contributed by atoms with Crippen molar-refractivity contribution in [2.75, 3.05) is 6.54 Å². The predicted octanol–water partition coefficient (Wildman–Crippen LogP) is 3.03. The molecule has 1 aromatic heterocycles. The molecule has 2 aromatic rings. The highest BCUT2D eigenvalue weighted by atomic mass is 79.9. The zero-order valence-electron chi connectivity index (χ0n) is 9.92. The Morgan fingerprint density at radius 3 is 3.00 bits per heavy atom. The van der Waals surface area contributed by atoms with Gasteiger partial charge in [-0.25, -0.2) is 9.37 Å². The Morgan fingerprint density at radius 2 is 2.28 bits per heavy atom. The van der Waals surface area contributed by atoms with Gasteiger partial charge in [-0.2, -0.15) is 0 Å². The summed E-state index contributed by atoms with van der Waals surface area (Å²) in [5.74, 6) is 0.795. The molecule has 18 heavy (non-hydrogen) atoms. The van der Waals surface area contributed by atoms with Crippen LogP contribution in [0, 0.1) is 5.82 Å². The van der Waals surface area contributed by atoms with E-state index in [0.717, 1.165) is 41.8 Å². The maximum Gasteiger partial charge on any atom is 0.124 e. The molecule has 0 radical (unpaired) electrons. The highest BCUT2D eigenvalue weighted by molar-refractivity contribution is 9.10. The van der Waals surface area contributed by atoms with Crippen molar-refractivity contribution in [2.45, 2.75) is 19.4 Å². The molecule has 1 aromatic carbocycles. The molecular formula is C13H15BrFN3. The number of rotatable bonds is 6. The standard InChI is InChI=1S/C13H15BrFN3/c14-12-8-11(15)4-3-10(12)9-16-5-1-2-13-17-6-7-18-13/h3-4,6-8,16H,1-2,5,9H2,(H,17,18). The second kappa shape index (κ2) is 6.66. The number of nitrogens with one attached hydrogen (secondary N) is 2. The lowest BCUT2D eigenvalue weighted by Crippen LogP contribution is -2.15. The second-order valence-corrected chi connectivity index (χ2v) is 4.91. The quantitative estimate of drug-likeness (QED) is 0.805. The number of halogens is 2. The summed E-state index contributed by atoms with van der Waals surface area (Å²) in [7, 11) is 0. The van der Waals surface area contributed by atoms with Gasteiger partial charge in [0.15, 0.2) is 0 Å². The molecule has 0 spiro atoms. The fourth-order valence-corrected chi connectivity index (χ4v) is 2.19. The lowest BCUT2D eigenvalue weighted by atomic mass is 10.2. The SMILES string of the molecule is Fc1ccc(CNCCCc2ncc[nH]2)c(Br)c1. The second-order valence-electron chi connectivity index (χ2n) is 4.05. The number of aromatic amines is 1. The molecule has 0 aliphatic heterocycles. The summed E-state index contributed by atoms with van der Waals surface area (Å²) >= 11 is 3.35. The topological polar surface area (TPSA) is 40.7 Å². The van der Waals surface area contributed by atoms with Gasteiger partial charge in [0.1, 0.15) is 11.6 Å². The molecule has 2 rings (SSSR count). The summed E-state index contributed by atoms with van der Waals surface area (Å²) < 4.78 is 13.7. The number of imidazole rings is 1. The normalized spacial score (nSPS) is 10.8. The van der Waals surface area contributed by atoms with E-state index in [2.05, 4.69) is 31.2 Å². The third-order valence-electron chi connectivity index (χ3n) is 2.65. The van der Waals surface area contributed by atoms with Crippen molar-refractivity contribution in [3.8, 4) is 0 Å². The van der Waals surface area contributed by atoms with Crippen LogP contribution in [0.5, 0.6) is 0 Å². The van der Waals surface area contributed by atoms with Crippen LogP contribution in [-0.4, -0.2) is 16.5 Å². The van der Waals surface area contributed by atoms with Crippen molar-refractivity contribution < 1.29 is 4.39 Å². The lowest BCUT2D eigenvalue weighted by molar-refractivity contribution is 0.619. The zero-order chi connectivity index (χ0) is 12.8. The van der Waals surface area contributed by atoms with Crippen LogP contribution < -0.4 is 5.32 Å². The van der Waals surface area contributed by atoms with Crippen LogP contribution in [-0.2, 0) is 13.0 Å². The van der Waals surface area contributed by atoms with Crippen LogP contribution in [0.2, 0.25) is 0 Å². The Morgan fingerprint density at radius 1 is 1.39 bits per heavy atom. The summed E-state index contributed by atoms with van der Waals surface area (Å²) in [6.45, 7) is 1.64. The third kappa shape index (κ3) is 3.92. The highest BCUT2D eigenvalue weighted by Crippen LogP contribution is 2.17. The Kier molecular flexibility index (Phi) is 4.90. The Labute approximate surface area is 114 Å². The van der Waals surface area contributed by atoms with Crippen LogP contribution in [0.3, 0.4) is 0 Å². The summed E-state index contributed by atoms with van der Waals surface area (Å²) in [5, 5.41) is 3.33. The number of nitrogens with zero attached hydrogens (tertiary/aromatic N) is 1. The van der Waals surface area contributed by atoms with E-state index in [9.17, 15) is 4.39 Å². The van der Waals surface area contributed by atoms with Crippen molar-refractivity contribution in [3.05, 3.63) is 52.3 Å². The van der Waals surface area contributed by atoms with Gasteiger partial charge in [0.25, 0.3) is 0 Å². The predicted molar refractivity (Wildman–Crippen MR) is 72.7 cm³/mol. The van der Waals surface area contributed by atoms with Gasteiger partial charge in [-0.05, 0) is 30.7 Å². The fourth-order valence-electron chi connectivity index (χ4n) is 1.70. The molecule has 1 heterocycles. The number of hydrogen-bond acceptors (Lipinski definition) is 2. The third-order valence-corrected chi connectivity index (χ3v) is 3.39. The lowest BCUT2D eigenvalue weighted by Gasteiger charge is -2.06. The van der Waals surface area contributed by atoms with Crippen molar-refractivity contribution in [2.24, 2.45) is 0 Å². The molecule has 96 valence electrons. The number of aromatic nitrogens is 2. The number of benzene rings is 1. The van der Waals surface area contributed by atoms with Gasteiger partial charge in [0.2, 0.25) is 0 Å². The van der Waals surface area contributed by atoms with E-state index >= 15 is 0 Å². The molecule has 0 bridgehead atoms. The largest absolute Gasteiger partial charge is 0.349 e. The minimum Gasteiger partial charge on any atom is -0.349 e. The highest BCUT2D eigenvalue weighted by Gasteiger charge is 2.01. The molecule has 3 nitrogen and oxygen atoms in total. The van der Waals surface area contributed by atoms with Crippen molar-refractivity contribution in [1.29, 1.82) is 0 Å². The van der Waals surface area contributed by atoms with Crippen molar-refractivity contribution >= 4 is 15.9 Å². The summed E-state index contributed by atoms with van der Waals surface area (Å²) in [4.78, 5) is 7.24. The first-order valence-corrected chi connectivity index (χ1v) is 6.68. The molecule has 0 fully saturated rings. The fraction of sp³-hybridized carbons (Fsp3) is 0.308. The Bertz CT molecular complexity index is 485. The molecule has 0 unspecified atom stereocenters. The molecular weight excluding hydrogens is 297 g/mol. The van der Waals surface area contributed by atoms with Crippen molar-refractivity contribution in [3.63, 3.8) is 0 Å². The minimum atomic E-state index is -0.219. The van der Waals surface area contributed by atoms with Gasteiger partial charge >= 0.3 is 0 Å². The number of hydrogen-bond donors (Lipinski definition) is 2. The van der Waals surface area contributed by atoms with E-state index in [4.69, 9.17) is 0 Å². The van der Waals surface area contributed by atoms with E-state index in [1.807, 2.05) is 6.20 Å². The van der Waals surface area contributed by atoms with E-state index in [1.54, 1.807) is 12.3 Å². The number of H-pyrrole nitrogens is 1. The van der Waals surface area contributed by atoms with Gasteiger partial charge in [-0.3, -0.25) is 0 Å². The van der Waals surface area contributed by atoms with Gasteiger partial charge < -0.3 is 10.3 Å². The minimum absolute atomic E-state index is 0.219. The van der Waals surface area contributed by atoms with Crippen molar-refractivity contribution in [1.82, 2.24) is 15.3 Å². The molecule has 0 saturated heterocycles. The van der Waals surface area contributed by atoms with Crippen LogP contribution >= 0.6 is 15.9 Å². The Balaban J connectivity index is 1.69. The average molecular weight is 312 g/mol. The molecule has 0 saturated carbocycles. The van der Waals surface area contributed by atoms with Gasteiger partial charge in [-0.1, -0.05) is 22.0 Å². The van der Waals surface area contributed by atoms with E-state index in [-0.39, 0.29) is 5.82 Å². The molecule has 0 aliphatic carbocycles.